The van der Waals surface area contributed by atoms with Crippen molar-refractivity contribution in [1.29, 1.82) is 0 Å². The molecular formula is C10H15N3OS. The summed E-state index contributed by atoms with van der Waals surface area (Å²) in [7, 11) is 0. The van der Waals surface area contributed by atoms with Crippen molar-refractivity contribution in [2.75, 3.05) is 24.2 Å². The van der Waals surface area contributed by atoms with E-state index in [1.165, 1.54) is 11.8 Å². The number of aliphatic hydroxyl groups is 1. The highest BCUT2D eigenvalue weighted by Gasteiger charge is 2.18. The van der Waals surface area contributed by atoms with Gasteiger partial charge in [-0.3, -0.25) is 0 Å². The van der Waals surface area contributed by atoms with E-state index in [2.05, 4.69) is 14.9 Å². The fraction of sp³-hybridized carbons (Fsp3) is 0.600. The number of anilines is 1. The zero-order valence-electron chi connectivity index (χ0n) is 8.76. The molecule has 0 bridgehead atoms. The highest BCUT2D eigenvalue weighted by molar-refractivity contribution is 7.98. The smallest absolute Gasteiger partial charge is 0.189 e. The summed E-state index contributed by atoms with van der Waals surface area (Å²) >= 11 is 1.54. The van der Waals surface area contributed by atoms with E-state index in [4.69, 9.17) is 0 Å². The summed E-state index contributed by atoms with van der Waals surface area (Å²) in [6, 6.07) is 1.90. The first kappa shape index (κ1) is 10.7. The fourth-order valence-corrected chi connectivity index (χ4v) is 2.12. The van der Waals surface area contributed by atoms with Crippen LogP contribution in [0.3, 0.4) is 0 Å². The van der Waals surface area contributed by atoms with Gasteiger partial charge in [0, 0.05) is 19.3 Å². The Kier molecular flexibility index (Phi) is 3.43. The van der Waals surface area contributed by atoms with E-state index in [-0.39, 0.29) is 6.10 Å². The van der Waals surface area contributed by atoms with Gasteiger partial charge < -0.3 is 10.0 Å². The monoisotopic (exact) mass is 225 g/mol. The van der Waals surface area contributed by atoms with Crippen molar-refractivity contribution in [3.63, 3.8) is 0 Å². The Morgan fingerprint density at radius 3 is 3.20 bits per heavy atom. The zero-order valence-corrected chi connectivity index (χ0v) is 9.57. The number of aromatic nitrogens is 2. The molecule has 1 saturated heterocycles. The van der Waals surface area contributed by atoms with Gasteiger partial charge in [-0.15, -0.1) is 0 Å². The highest BCUT2D eigenvalue weighted by Crippen LogP contribution is 2.19. The quantitative estimate of drug-likeness (QED) is 0.604. The number of thioether (sulfide) groups is 1. The van der Waals surface area contributed by atoms with Crippen LogP contribution >= 0.6 is 11.8 Å². The lowest BCUT2D eigenvalue weighted by molar-refractivity contribution is 0.154. The molecule has 0 radical (unpaired) electrons. The number of piperidine rings is 1. The zero-order chi connectivity index (χ0) is 10.7. The normalized spacial score (nSPS) is 21.7. The molecule has 1 aromatic heterocycles. The number of hydrogen-bond acceptors (Lipinski definition) is 5. The number of rotatable bonds is 2. The van der Waals surface area contributed by atoms with Gasteiger partial charge in [-0.05, 0) is 25.2 Å². The lowest BCUT2D eigenvalue weighted by Crippen LogP contribution is -2.38. The topological polar surface area (TPSA) is 49.2 Å². The van der Waals surface area contributed by atoms with E-state index in [9.17, 15) is 5.11 Å². The minimum absolute atomic E-state index is 0.216. The number of nitrogens with zero attached hydrogens (tertiary/aromatic N) is 3. The summed E-state index contributed by atoms with van der Waals surface area (Å²) in [5.74, 6) is 0.924. The first-order valence-electron chi connectivity index (χ1n) is 5.09. The van der Waals surface area contributed by atoms with Crippen LogP contribution in [0.5, 0.6) is 0 Å². The molecular weight excluding hydrogens is 210 g/mol. The Hall–Kier alpha value is -0.810. The number of aliphatic hydroxyl groups excluding tert-OH is 1. The largest absolute Gasteiger partial charge is 0.391 e. The van der Waals surface area contributed by atoms with Crippen LogP contribution in [0.2, 0.25) is 0 Å². The van der Waals surface area contributed by atoms with Crippen LogP contribution in [0.1, 0.15) is 12.8 Å². The molecule has 0 spiro atoms. The molecule has 82 valence electrons. The van der Waals surface area contributed by atoms with Crippen LogP contribution in [0.4, 0.5) is 5.82 Å². The first-order chi connectivity index (χ1) is 7.29. The maximum atomic E-state index is 9.58. The van der Waals surface area contributed by atoms with E-state index in [1.807, 2.05) is 12.3 Å². The minimum Gasteiger partial charge on any atom is -0.391 e. The van der Waals surface area contributed by atoms with E-state index in [1.54, 1.807) is 6.20 Å². The molecule has 2 rings (SSSR count). The van der Waals surface area contributed by atoms with E-state index >= 15 is 0 Å². The summed E-state index contributed by atoms with van der Waals surface area (Å²) in [5.41, 5.74) is 0. The van der Waals surface area contributed by atoms with Gasteiger partial charge in [0.05, 0.1) is 6.10 Å². The molecule has 2 heterocycles. The van der Waals surface area contributed by atoms with Gasteiger partial charge in [-0.25, -0.2) is 9.97 Å². The molecule has 1 aliphatic rings. The lowest BCUT2D eigenvalue weighted by Gasteiger charge is -2.30. The van der Waals surface area contributed by atoms with Crippen LogP contribution in [0.15, 0.2) is 17.4 Å². The third-order valence-electron chi connectivity index (χ3n) is 2.52. The molecule has 1 N–H and O–H groups in total. The molecule has 15 heavy (non-hydrogen) atoms. The molecule has 4 nitrogen and oxygen atoms in total. The van der Waals surface area contributed by atoms with Crippen LogP contribution < -0.4 is 4.90 Å². The maximum Gasteiger partial charge on any atom is 0.189 e. The summed E-state index contributed by atoms with van der Waals surface area (Å²) in [6.45, 7) is 1.66. The van der Waals surface area contributed by atoms with Crippen LogP contribution in [0.25, 0.3) is 0 Å². The van der Waals surface area contributed by atoms with E-state index in [0.717, 1.165) is 30.4 Å². The molecule has 0 saturated carbocycles. The molecule has 1 fully saturated rings. The average Bonchev–Trinajstić information content (AvgIpc) is 2.29. The standard InChI is InChI=1S/C10H15N3OS/c1-15-10-11-5-4-9(12-10)13-6-2-3-8(14)7-13/h4-5,8,14H,2-3,6-7H2,1H3/t8-/m0/s1. The Morgan fingerprint density at radius 2 is 2.47 bits per heavy atom. The fourth-order valence-electron chi connectivity index (χ4n) is 1.77. The predicted octanol–water partition coefficient (Wildman–Crippen LogP) is 1.16. The Labute approximate surface area is 93.7 Å². The van der Waals surface area contributed by atoms with Gasteiger partial charge in [-0.2, -0.15) is 0 Å². The van der Waals surface area contributed by atoms with Crippen molar-refractivity contribution in [3.05, 3.63) is 12.3 Å². The van der Waals surface area contributed by atoms with E-state index in [0.29, 0.717) is 6.54 Å². The third kappa shape index (κ3) is 2.60. The molecule has 1 aromatic rings. The Morgan fingerprint density at radius 1 is 1.60 bits per heavy atom. The summed E-state index contributed by atoms with van der Waals surface area (Å²) in [4.78, 5) is 10.7. The van der Waals surface area contributed by atoms with Gasteiger partial charge in [0.25, 0.3) is 0 Å². The first-order valence-corrected chi connectivity index (χ1v) is 6.32. The van der Waals surface area contributed by atoms with Crippen LogP contribution in [-0.4, -0.2) is 40.5 Å². The van der Waals surface area contributed by atoms with Crippen molar-refractivity contribution in [1.82, 2.24) is 9.97 Å². The second-order valence-electron chi connectivity index (χ2n) is 3.64. The van der Waals surface area contributed by atoms with Crippen LogP contribution in [-0.2, 0) is 0 Å². The summed E-state index contributed by atoms with van der Waals surface area (Å²) in [5, 5.41) is 10.4. The van der Waals surface area contributed by atoms with Gasteiger partial charge in [0.1, 0.15) is 5.82 Å². The SMILES string of the molecule is CSc1nccc(N2CCC[C@H](O)C2)n1. The van der Waals surface area contributed by atoms with Gasteiger partial charge in [0.15, 0.2) is 5.16 Å². The minimum atomic E-state index is -0.216. The van der Waals surface area contributed by atoms with E-state index < -0.39 is 0 Å². The molecule has 0 amide bonds. The van der Waals surface area contributed by atoms with Crippen molar-refractivity contribution < 1.29 is 5.11 Å². The van der Waals surface area contributed by atoms with Crippen molar-refractivity contribution >= 4 is 17.6 Å². The van der Waals surface area contributed by atoms with Crippen molar-refractivity contribution in [3.8, 4) is 0 Å². The molecule has 0 aromatic carbocycles. The van der Waals surface area contributed by atoms with Gasteiger partial charge in [0.2, 0.25) is 0 Å². The summed E-state index contributed by atoms with van der Waals surface area (Å²) in [6.07, 6.45) is 5.45. The van der Waals surface area contributed by atoms with Gasteiger partial charge >= 0.3 is 0 Å². The molecule has 0 unspecified atom stereocenters. The highest BCUT2D eigenvalue weighted by atomic mass is 32.2. The third-order valence-corrected chi connectivity index (χ3v) is 3.08. The molecule has 1 atom stereocenters. The summed E-state index contributed by atoms with van der Waals surface area (Å²) < 4.78 is 0. The Bertz CT molecular complexity index is 334. The molecule has 0 aliphatic carbocycles. The maximum absolute atomic E-state index is 9.58. The molecule has 1 aliphatic heterocycles. The van der Waals surface area contributed by atoms with Crippen molar-refractivity contribution in [2.24, 2.45) is 0 Å². The predicted molar refractivity (Wildman–Crippen MR) is 61.3 cm³/mol. The second kappa shape index (κ2) is 4.81. The average molecular weight is 225 g/mol. The van der Waals surface area contributed by atoms with Crippen molar-refractivity contribution in [2.45, 2.75) is 24.1 Å². The van der Waals surface area contributed by atoms with Crippen LogP contribution in [0, 0.1) is 0 Å². The lowest BCUT2D eigenvalue weighted by atomic mass is 10.1. The number of hydrogen-bond donors (Lipinski definition) is 1. The molecule has 5 heteroatoms. The Balaban J connectivity index is 2.13. The number of β-amino-alcohol motifs (C(OH)–C–C–N with tert-alkyl or cyclic N) is 1. The second-order valence-corrected chi connectivity index (χ2v) is 4.42. The van der Waals surface area contributed by atoms with Gasteiger partial charge in [-0.1, -0.05) is 11.8 Å².